The minimum Gasteiger partial charge on any atom is -0.488 e. The number of hydrogen-bond acceptors (Lipinski definition) is 3. The first-order valence-electron chi connectivity index (χ1n) is 7.01. The minimum atomic E-state index is -4.74. The quantitative estimate of drug-likeness (QED) is 0.644. The largest absolute Gasteiger partial charge is 0.573 e. The highest BCUT2D eigenvalue weighted by Crippen LogP contribution is 2.24. The van der Waals surface area contributed by atoms with E-state index in [2.05, 4.69) is 4.74 Å². The van der Waals surface area contributed by atoms with Gasteiger partial charge in [-0.1, -0.05) is 29.7 Å². The second-order valence-electron chi connectivity index (χ2n) is 4.95. The lowest BCUT2D eigenvalue weighted by atomic mass is 9.94. The van der Waals surface area contributed by atoms with Crippen molar-refractivity contribution >= 4 is 25.4 Å². The van der Waals surface area contributed by atoms with Crippen molar-refractivity contribution in [3.05, 3.63) is 59.7 Å². The van der Waals surface area contributed by atoms with E-state index in [0.29, 0.717) is 22.3 Å². The van der Waals surface area contributed by atoms with Gasteiger partial charge in [-0.25, -0.2) is 4.79 Å². The zero-order valence-corrected chi connectivity index (χ0v) is 12.8. The van der Waals surface area contributed by atoms with Crippen LogP contribution >= 0.6 is 0 Å². The number of carbonyl (C=O) groups is 1. The van der Waals surface area contributed by atoms with Gasteiger partial charge in [-0.05, 0) is 29.8 Å². The average molecular weight is 348 g/mol. The monoisotopic (exact) mass is 348 g/mol. The lowest BCUT2D eigenvalue weighted by Gasteiger charge is -2.12. The topological polar surface area (TPSA) is 55.8 Å². The van der Waals surface area contributed by atoms with Crippen LogP contribution in [0.3, 0.4) is 0 Å². The predicted octanol–water partition coefficient (Wildman–Crippen LogP) is 3.06. The molecular weight excluding hydrogens is 336 g/mol. The summed E-state index contributed by atoms with van der Waals surface area (Å²) in [5.41, 5.74) is 1.52. The van der Waals surface area contributed by atoms with E-state index in [0.717, 1.165) is 6.08 Å². The number of hydrogen-bond donors (Lipinski definition) is 1. The van der Waals surface area contributed by atoms with E-state index in [1.807, 2.05) is 0 Å². The van der Waals surface area contributed by atoms with Crippen LogP contribution in [0.15, 0.2) is 48.5 Å². The van der Waals surface area contributed by atoms with Crippen LogP contribution in [-0.4, -0.2) is 25.3 Å². The van der Waals surface area contributed by atoms with E-state index < -0.39 is 12.3 Å². The second-order valence-corrected chi connectivity index (χ2v) is 4.95. The van der Waals surface area contributed by atoms with E-state index in [4.69, 9.17) is 17.7 Å². The fraction of sp³-hybridized carbons (Fsp3) is 0.118. The van der Waals surface area contributed by atoms with Crippen LogP contribution in [0.5, 0.6) is 11.5 Å². The molecule has 0 spiro atoms. The molecule has 1 N–H and O–H groups in total. The van der Waals surface area contributed by atoms with Crippen molar-refractivity contribution in [1.29, 1.82) is 0 Å². The van der Waals surface area contributed by atoms with Crippen molar-refractivity contribution in [2.75, 3.05) is 0 Å². The van der Waals surface area contributed by atoms with Crippen LogP contribution in [0, 0.1) is 0 Å². The number of ether oxygens (including phenoxy) is 2. The normalized spacial score (nSPS) is 11.5. The maximum absolute atomic E-state index is 12.1. The summed E-state index contributed by atoms with van der Waals surface area (Å²) < 4.78 is 45.7. The maximum Gasteiger partial charge on any atom is 0.573 e. The maximum atomic E-state index is 12.1. The number of carboxylic acid groups (broad SMARTS) is 1. The fourth-order valence-electron chi connectivity index (χ4n) is 1.94. The van der Waals surface area contributed by atoms with Crippen LogP contribution in [0.25, 0.3) is 6.08 Å². The van der Waals surface area contributed by atoms with Crippen LogP contribution in [0.2, 0.25) is 0 Å². The number of carboxylic acids is 1. The van der Waals surface area contributed by atoms with Gasteiger partial charge in [-0.2, -0.15) is 0 Å². The number of alkyl halides is 3. The fourth-order valence-corrected chi connectivity index (χ4v) is 1.94. The van der Waals surface area contributed by atoms with Crippen molar-refractivity contribution in [1.82, 2.24) is 0 Å². The first-order valence-corrected chi connectivity index (χ1v) is 7.01. The van der Waals surface area contributed by atoms with Crippen LogP contribution in [-0.2, 0) is 11.4 Å². The Bertz CT molecular complexity index is 770. The van der Waals surface area contributed by atoms with E-state index >= 15 is 0 Å². The van der Waals surface area contributed by atoms with Gasteiger partial charge in [0.15, 0.2) is 0 Å². The molecule has 0 saturated carbocycles. The summed E-state index contributed by atoms with van der Waals surface area (Å²) in [6, 6.07) is 9.96. The molecule has 0 aromatic heterocycles. The van der Waals surface area contributed by atoms with Gasteiger partial charge in [0.1, 0.15) is 26.0 Å². The van der Waals surface area contributed by atoms with Crippen molar-refractivity contribution in [2.24, 2.45) is 0 Å². The number of halogens is 3. The average Bonchev–Trinajstić information content (AvgIpc) is 2.52. The number of aliphatic carboxylic acids is 1. The molecule has 2 rings (SSSR count). The molecule has 0 amide bonds. The minimum absolute atomic E-state index is 0.0735. The smallest absolute Gasteiger partial charge is 0.488 e. The summed E-state index contributed by atoms with van der Waals surface area (Å²) in [6.07, 6.45) is -2.45. The zero-order chi connectivity index (χ0) is 18.4. The van der Waals surface area contributed by atoms with Crippen molar-refractivity contribution in [2.45, 2.75) is 13.0 Å². The molecule has 0 unspecified atom stereocenters. The van der Waals surface area contributed by atoms with Crippen molar-refractivity contribution in [3.8, 4) is 11.5 Å². The molecule has 0 saturated heterocycles. The molecule has 0 aliphatic heterocycles. The van der Waals surface area contributed by atoms with Gasteiger partial charge in [-0.15, -0.1) is 13.2 Å². The number of rotatable bonds is 6. The zero-order valence-electron chi connectivity index (χ0n) is 12.8. The Hall–Kier alpha value is -2.90. The van der Waals surface area contributed by atoms with Gasteiger partial charge in [-0.3, -0.25) is 0 Å². The van der Waals surface area contributed by atoms with E-state index in [9.17, 15) is 18.0 Å². The Morgan fingerprint density at radius 1 is 1.16 bits per heavy atom. The molecule has 0 heterocycles. The predicted molar refractivity (Wildman–Crippen MR) is 86.0 cm³/mol. The van der Waals surface area contributed by atoms with E-state index in [1.165, 1.54) is 30.3 Å². The Morgan fingerprint density at radius 2 is 1.84 bits per heavy atom. The highest BCUT2D eigenvalue weighted by Gasteiger charge is 2.30. The third-order valence-electron chi connectivity index (χ3n) is 2.99. The summed E-state index contributed by atoms with van der Waals surface area (Å²) in [5.74, 6) is -1.05. The molecule has 4 nitrogen and oxygen atoms in total. The SMILES string of the molecule is [B]c1ccc(OCc2ccc(OC(F)(F)F)cc2)c(/C=C/C(=O)O)c1. The molecule has 8 heteroatoms. The molecular formula is C17H12BF3O4. The molecule has 2 aromatic carbocycles. The molecule has 2 aromatic rings. The number of benzene rings is 2. The Labute approximate surface area is 142 Å². The summed E-state index contributed by atoms with van der Waals surface area (Å²) in [4.78, 5) is 10.6. The molecule has 128 valence electrons. The molecule has 0 aliphatic carbocycles. The highest BCUT2D eigenvalue weighted by molar-refractivity contribution is 6.32. The van der Waals surface area contributed by atoms with Gasteiger partial charge in [0.25, 0.3) is 0 Å². The molecule has 0 atom stereocenters. The Morgan fingerprint density at radius 3 is 2.44 bits per heavy atom. The third-order valence-corrected chi connectivity index (χ3v) is 2.99. The lowest BCUT2D eigenvalue weighted by molar-refractivity contribution is -0.274. The van der Waals surface area contributed by atoms with Gasteiger partial charge in [0, 0.05) is 11.6 Å². The van der Waals surface area contributed by atoms with E-state index in [-0.39, 0.29) is 12.4 Å². The Kier molecular flexibility index (Phi) is 5.74. The van der Waals surface area contributed by atoms with E-state index in [1.54, 1.807) is 18.2 Å². The van der Waals surface area contributed by atoms with Gasteiger partial charge in [0.2, 0.25) is 0 Å². The second kappa shape index (κ2) is 7.78. The molecule has 0 fully saturated rings. The summed E-state index contributed by atoms with van der Waals surface area (Å²) >= 11 is 0. The summed E-state index contributed by atoms with van der Waals surface area (Å²) in [5, 5.41) is 8.70. The lowest BCUT2D eigenvalue weighted by Crippen LogP contribution is -2.17. The molecule has 0 bridgehead atoms. The highest BCUT2D eigenvalue weighted by atomic mass is 19.4. The summed E-state index contributed by atoms with van der Waals surface area (Å²) in [6.45, 7) is 0.0735. The van der Waals surface area contributed by atoms with Crippen LogP contribution in [0.1, 0.15) is 11.1 Å². The van der Waals surface area contributed by atoms with Gasteiger partial charge >= 0.3 is 12.3 Å². The van der Waals surface area contributed by atoms with Crippen molar-refractivity contribution < 1.29 is 32.5 Å². The molecule has 0 aliphatic rings. The standard InChI is InChI=1S/C17H12BF3O4/c18-13-4-7-15(12(9-13)3-8-16(22)23)24-10-11-1-5-14(6-2-11)25-17(19,20)21/h1-9H,10H2,(H,22,23)/b8-3+. The molecule has 25 heavy (non-hydrogen) atoms. The Balaban J connectivity index is 2.07. The summed E-state index contributed by atoms with van der Waals surface area (Å²) in [7, 11) is 5.67. The molecule has 2 radical (unpaired) electrons. The first-order chi connectivity index (χ1) is 11.7. The first kappa shape index (κ1) is 18.4. The third kappa shape index (κ3) is 6.25. The van der Waals surface area contributed by atoms with Crippen molar-refractivity contribution in [3.63, 3.8) is 0 Å². The van der Waals surface area contributed by atoms with Crippen LogP contribution < -0.4 is 14.9 Å². The van der Waals surface area contributed by atoms with Crippen LogP contribution in [0.4, 0.5) is 13.2 Å². The van der Waals surface area contributed by atoms with Gasteiger partial charge in [0.05, 0.1) is 0 Å². The van der Waals surface area contributed by atoms with Gasteiger partial charge < -0.3 is 14.6 Å².